The molecule has 0 aliphatic carbocycles. The van der Waals surface area contributed by atoms with Crippen LogP contribution < -0.4 is 5.32 Å². The Morgan fingerprint density at radius 3 is 2.62 bits per heavy atom. The largest absolute Gasteiger partial charge is 0.506 e. The number of carboxylic acid groups (broad SMARTS) is 1. The maximum atomic E-state index is 12.2. The minimum atomic E-state index is -1.58. The molecule has 3 atom stereocenters. The van der Waals surface area contributed by atoms with E-state index in [0.717, 1.165) is 6.07 Å². The third kappa shape index (κ3) is 3.29. The van der Waals surface area contributed by atoms with Gasteiger partial charge in [0.15, 0.2) is 6.04 Å². The van der Waals surface area contributed by atoms with Crippen LogP contribution in [0.15, 0.2) is 6.07 Å². The Hall–Kier alpha value is -2.32. The summed E-state index contributed by atoms with van der Waals surface area (Å²) in [6, 6.07) is -0.434. The zero-order valence-corrected chi connectivity index (χ0v) is 13.6. The molecule has 0 saturated heterocycles. The Morgan fingerprint density at radius 2 is 2.08 bits per heavy atom. The van der Waals surface area contributed by atoms with Crippen LogP contribution in [-0.2, 0) is 16.0 Å². The second kappa shape index (κ2) is 6.66. The molecule has 1 aliphatic heterocycles. The first-order chi connectivity index (χ1) is 11.1. The summed E-state index contributed by atoms with van der Waals surface area (Å²) >= 11 is 6.09. The molecule has 4 N–H and O–H groups in total. The van der Waals surface area contributed by atoms with Gasteiger partial charge < -0.3 is 25.4 Å². The number of carbonyl (C=O) groups is 3. The lowest BCUT2D eigenvalue weighted by molar-refractivity contribution is -0.141. The molecule has 2 rings (SSSR count). The highest BCUT2D eigenvalue weighted by molar-refractivity contribution is 6.32. The number of aliphatic hydroxyl groups excluding tert-OH is 1. The van der Waals surface area contributed by atoms with Crippen LogP contribution in [0.5, 0.6) is 5.75 Å². The summed E-state index contributed by atoms with van der Waals surface area (Å²) in [6.07, 6.45) is -1.51. The summed E-state index contributed by atoms with van der Waals surface area (Å²) in [5, 5.41) is 30.8. The zero-order chi connectivity index (χ0) is 18.2. The second-order valence-corrected chi connectivity index (χ2v) is 5.97. The van der Waals surface area contributed by atoms with Crippen LogP contribution in [0.25, 0.3) is 0 Å². The number of aliphatic carboxylic acids is 1. The van der Waals surface area contributed by atoms with Gasteiger partial charge >= 0.3 is 11.9 Å². The molecule has 0 bridgehead atoms. The Morgan fingerprint density at radius 1 is 1.46 bits per heavy atom. The first-order valence-corrected chi connectivity index (χ1v) is 7.48. The predicted octanol–water partition coefficient (Wildman–Crippen LogP) is 0.711. The normalized spacial score (nSPS) is 19.0. The number of carboxylic acids is 1. The number of hydrogen-bond acceptors (Lipinski definition) is 6. The van der Waals surface area contributed by atoms with Gasteiger partial charge in [-0.15, -0.1) is 0 Å². The summed E-state index contributed by atoms with van der Waals surface area (Å²) in [5.41, 5.74) is -0.230. The number of rotatable bonds is 4. The van der Waals surface area contributed by atoms with Gasteiger partial charge in [0.05, 0.1) is 11.7 Å². The van der Waals surface area contributed by atoms with Gasteiger partial charge in [0.2, 0.25) is 0 Å². The van der Waals surface area contributed by atoms with Gasteiger partial charge in [-0.2, -0.15) is 0 Å². The first-order valence-electron chi connectivity index (χ1n) is 7.10. The number of phenolic OH excluding ortho intramolecular Hbond substituents is 1. The van der Waals surface area contributed by atoms with Crippen molar-refractivity contribution < 1.29 is 34.4 Å². The number of aromatic hydroxyl groups is 1. The van der Waals surface area contributed by atoms with Crippen LogP contribution in [-0.4, -0.2) is 51.4 Å². The van der Waals surface area contributed by atoms with E-state index in [-0.39, 0.29) is 22.6 Å². The standard InChI is InChI=1S/C15H16ClNO7/c1-5-3-7-9(16)4-8(12(19)10(7)15(23)24-5)13(20)17-11(6(2)18)14(21)22/h4-6,11,18-19H,3H2,1-2H3,(H,17,20)(H,21,22). The highest BCUT2D eigenvalue weighted by Gasteiger charge is 2.33. The van der Waals surface area contributed by atoms with Crippen LogP contribution in [0.1, 0.15) is 40.1 Å². The van der Waals surface area contributed by atoms with E-state index in [1.54, 1.807) is 6.92 Å². The summed E-state index contributed by atoms with van der Waals surface area (Å²) in [7, 11) is 0. The number of aliphatic hydroxyl groups is 1. The van der Waals surface area contributed by atoms with Crippen LogP contribution in [0.3, 0.4) is 0 Å². The molecule has 24 heavy (non-hydrogen) atoms. The molecule has 130 valence electrons. The van der Waals surface area contributed by atoms with Crippen molar-refractivity contribution in [1.82, 2.24) is 5.32 Å². The topological polar surface area (TPSA) is 133 Å². The molecule has 1 amide bonds. The Bertz CT molecular complexity index is 716. The van der Waals surface area contributed by atoms with E-state index in [4.69, 9.17) is 21.4 Å². The van der Waals surface area contributed by atoms with Gasteiger partial charge in [0.1, 0.15) is 17.4 Å². The number of fused-ring (bicyclic) bond motifs is 1. The fourth-order valence-electron chi connectivity index (χ4n) is 2.45. The summed E-state index contributed by atoms with van der Waals surface area (Å²) in [6.45, 7) is 2.85. The zero-order valence-electron chi connectivity index (χ0n) is 12.9. The number of ether oxygens (including phenoxy) is 1. The minimum Gasteiger partial charge on any atom is -0.506 e. The lowest BCUT2D eigenvalue weighted by Gasteiger charge is -2.24. The molecular formula is C15H16ClNO7. The van der Waals surface area contributed by atoms with E-state index in [1.807, 2.05) is 0 Å². The number of cyclic esters (lactones) is 1. The summed E-state index contributed by atoms with van der Waals surface area (Å²) in [4.78, 5) is 35.3. The maximum Gasteiger partial charge on any atom is 0.342 e. The Kier molecular flexibility index (Phi) is 5.00. The van der Waals surface area contributed by atoms with Crippen molar-refractivity contribution in [3.8, 4) is 5.75 Å². The molecule has 1 aromatic carbocycles. The average molecular weight is 358 g/mol. The van der Waals surface area contributed by atoms with Gasteiger partial charge in [-0.1, -0.05) is 11.6 Å². The van der Waals surface area contributed by atoms with Gasteiger partial charge in [-0.3, -0.25) is 4.79 Å². The van der Waals surface area contributed by atoms with E-state index in [1.165, 1.54) is 6.92 Å². The van der Waals surface area contributed by atoms with Crippen LogP contribution in [0.2, 0.25) is 5.02 Å². The quantitative estimate of drug-likeness (QED) is 0.583. The van der Waals surface area contributed by atoms with Crippen LogP contribution in [0, 0.1) is 0 Å². The molecule has 0 fully saturated rings. The van der Waals surface area contributed by atoms with Gasteiger partial charge in [0, 0.05) is 11.4 Å². The fraction of sp³-hybridized carbons (Fsp3) is 0.400. The predicted molar refractivity (Wildman–Crippen MR) is 82.3 cm³/mol. The second-order valence-electron chi connectivity index (χ2n) is 5.56. The van der Waals surface area contributed by atoms with Crippen LogP contribution in [0.4, 0.5) is 0 Å². The molecule has 9 heteroatoms. The smallest absolute Gasteiger partial charge is 0.342 e. The summed E-state index contributed by atoms with van der Waals surface area (Å²) < 4.78 is 5.02. The molecule has 1 aromatic rings. The molecule has 3 unspecified atom stereocenters. The van der Waals surface area contributed by atoms with Crippen LogP contribution >= 0.6 is 11.6 Å². The number of benzene rings is 1. The monoisotopic (exact) mass is 357 g/mol. The van der Waals surface area contributed by atoms with E-state index in [0.29, 0.717) is 5.56 Å². The molecule has 1 aliphatic rings. The number of hydrogen-bond donors (Lipinski definition) is 4. The number of phenols is 1. The SMILES string of the molecule is CC1Cc2c(Cl)cc(C(=O)NC(C(=O)O)C(C)O)c(O)c2C(=O)O1. The van der Waals surface area contributed by atoms with E-state index < -0.39 is 41.8 Å². The van der Waals surface area contributed by atoms with E-state index in [2.05, 4.69) is 5.32 Å². The lowest BCUT2D eigenvalue weighted by Crippen LogP contribution is -2.47. The van der Waals surface area contributed by atoms with Crippen molar-refractivity contribution >= 4 is 29.4 Å². The third-order valence-corrected chi connectivity index (χ3v) is 3.97. The van der Waals surface area contributed by atoms with Gasteiger partial charge in [-0.25, -0.2) is 9.59 Å². The molecule has 0 radical (unpaired) electrons. The molecule has 0 spiro atoms. The number of nitrogens with one attached hydrogen (secondary N) is 1. The van der Waals surface area contributed by atoms with E-state index in [9.17, 15) is 24.6 Å². The highest BCUT2D eigenvalue weighted by Crippen LogP contribution is 2.36. The molecule has 0 saturated carbocycles. The molecule has 8 nitrogen and oxygen atoms in total. The average Bonchev–Trinajstić information content (AvgIpc) is 2.46. The maximum absolute atomic E-state index is 12.2. The van der Waals surface area contributed by atoms with Crippen molar-refractivity contribution in [3.63, 3.8) is 0 Å². The molecule has 1 heterocycles. The number of halogens is 1. The Balaban J connectivity index is 2.44. The molecular weight excluding hydrogens is 342 g/mol. The minimum absolute atomic E-state index is 0.0837. The van der Waals surface area contributed by atoms with Crippen molar-refractivity contribution in [1.29, 1.82) is 0 Å². The van der Waals surface area contributed by atoms with Gasteiger partial charge in [-0.05, 0) is 25.5 Å². The third-order valence-electron chi connectivity index (χ3n) is 3.64. The number of esters is 1. The highest BCUT2D eigenvalue weighted by atomic mass is 35.5. The van der Waals surface area contributed by atoms with Crippen molar-refractivity contribution in [3.05, 3.63) is 27.8 Å². The number of carbonyl (C=O) groups excluding carboxylic acids is 2. The van der Waals surface area contributed by atoms with E-state index >= 15 is 0 Å². The lowest BCUT2D eigenvalue weighted by atomic mass is 9.95. The fourth-order valence-corrected chi connectivity index (χ4v) is 2.73. The van der Waals surface area contributed by atoms with Crippen molar-refractivity contribution in [2.24, 2.45) is 0 Å². The number of amides is 1. The van der Waals surface area contributed by atoms with Gasteiger partial charge in [0.25, 0.3) is 5.91 Å². The first kappa shape index (κ1) is 18.0. The summed E-state index contributed by atoms with van der Waals surface area (Å²) in [5.74, 6) is -3.89. The van der Waals surface area contributed by atoms with Crippen molar-refractivity contribution in [2.45, 2.75) is 38.5 Å². The Labute approximate surface area is 142 Å². The van der Waals surface area contributed by atoms with Crippen molar-refractivity contribution in [2.75, 3.05) is 0 Å². The molecule has 0 aromatic heterocycles.